The summed E-state index contributed by atoms with van der Waals surface area (Å²) in [5, 5.41) is 8.01. The number of imide groups is 1. The quantitative estimate of drug-likeness (QED) is 0.751. The van der Waals surface area contributed by atoms with Gasteiger partial charge in [0.05, 0.1) is 35.9 Å². The minimum Gasteiger partial charge on any atom is -0.468 e. The van der Waals surface area contributed by atoms with Crippen molar-refractivity contribution in [3.63, 3.8) is 0 Å². The number of furan rings is 1. The van der Waals surface area contributed by atoms with Crippen LogP contribution < -0.4 is 15.4 Å². The second-order valence-electron chi connectivity index (χ2n) is 5.32. The Bertz CT molecular complexity index is 859. The molecule has 2 aromatic rings. The zero-order valence-corrected chi connectivity index (χ0v) is 13.3. The Morgan fingerprint density at radius 2 is 1.92 bits per heavy atom. The molecule has 3 rings (SSSR count). The molecule has 0 saturated carbocycles. The minimum absolute atomic E-state index is 0.0243. The molecule has 9 heteroatoms. The molecule has 0 unspecified atom stereocenters. The highest BCUT2D eigenvalue weighted by molar-refractivity contribution is 7.89. The van der Waals surface area contributed by atoms with Gasteiger partial charge in [0, 0.05) is 0 Å². The summed E-state index contributed by atoms with van der Waals surface area (Å²) in [4.78, 5) is 25.5. The van der Waals surface area contributed by atoms with E-state index in [2.05, 4.69) is 5.32 Å². The molecular formula is C15H15N3O5S. The Morgan fingerprint density at radius 3 is 2.50 bits per heavy atom. The molecule has 8 nitrogen and oxygen atoms in total. The maximum absolute atomic E-state index is 12.4. The zero-order valence-electron chi connectivity index (χ0n) is 12.5. The van der Waals surface area contributed by atoms with Gasteiger partial charge in [-0.3, -0.25) is 14.9 Å². The number of amides is 2. The van der Waals surface area contributed by atoms with Crippen molar-refractivity contribution in [2.24, 2.45) is 5.14 Å². The van der Waals surface area contributed by atoms with Gasteiger partial charge in [-0.05, 0) is 36.4 Å². The predicted molar refractivity (Wildman–Crippen MR) is 84.3 cm³/mol. The third kappa shape index (κ3) is 3.23. The molecule has 2 heterocycles. The lowest BCUT2D eigenvalue weighted by Crippen LogP contribution is -2.38. The second kappa shape index (κ2) is 6.19. The first-order valence-corrected chi connectivity index (χ1v) is 8.66. The van der Waals surface area contributed by atoms with Gasteiger partial charge < -0.3 is 4.42 Å². The standard InChI is InChI=1S/C15H15N3O5S/c16-24(21,22)12-5-3-10(4-6-12)18-14(19)8-13(15(18)20)17-9-11-2-1-7-23-11/h1-7,13,17H,8-9H2,(H2,16,21,22)/t13-/m1/s1. The first kappa shape index (κ1) is 16.4. The van der Waals surface area contributed by atoms with Crippen LogP contribution in [0.1, 0.15) is 12.2 Å². The molecular weight excluding hydrogens is 334 g/mol. The van der Waals surface area contributed by atoms with Gasteiger partial charge in [-0.2, -0.15) is 0 Å². The molecule has 0 bridgehead atoms. The van der Waals surface area contributed by atoms with Gasteiger partial charge >= 0.3 is 0 Å². The molecule has 0 aliphatic carbocycles. The van der Waals surface area contributed by atoms with Crippen LogP contribution in [0.3, 0.4) is 0 Å². The van der Waals surface area contributed by atoms with Crippen LogP contribution in [0.2, 0.25) is 0 Å². The lowest BCUT2D eigenvalue weighted by molar-refractivity contribution is -0.121. The van der Waals surface area contributed by atoms with Crippen LogP contribution in [-0.4, -0.2) is 26.3 Å². The van der Waals surface area contributed by atoms with E-state index < -0.39 is 22.0 Å². The van der Waals surface area contributed by atoms with Gasteiger partial charge in [0.15, 0.2) is 0 Å². The van der Waals surface area contributed by atoms with E-state index in [4.69, 9.17) is 9.56 Å². The number of rotatable bonds is 5. The zero-order chi connectivity index (χ0) is 17.3. The normalized spacial score (nSPS) is 18.4. The Balaban J connectivity index is 1.74. The number of nitrogens with two attached hydrogens (primary N) is 1. The van der Waals surface area contributed by atoms with Gasteiger partial charge in [-0.25, -0.2) is 18.5 Å². The number of carbonyl (C=O) groups is 2. The first-order chi connectivity index (χ1) is 11.4. The molecule has 1 saturated heterocycles. The third-order valence-electron chi connectivity index (χ3n) is 3.67. The van der Waals surface area contributed by atoms with Crippen molar-refractivity contribution < 1.29 is 22.4 Å². The van der Waals surface area contributed by atoms with Crippen LogP contribution in [0.4, 0.5) is 5.69 Å². The largest absolute Gasteiger partial charge is 0.468 e. The van der Waals surface area contributed by atoms with E-state index in [0.717, 1.165) is 4.90 Å². The fourth-order valence-electron chi connectivity index (χ4n) is 2.48. The van der Waals surface area contributed by atoms with Crippen molar-refractivity contribution in [2.45, 2.75) is 23.9 Å². The minimum atomic E-state index is -3.83. The molecule has 0 radical (unpaired) electrons. The SMILES string of the molecule is NS(=O)(=O)c1ccc(N2C(=O)C[C@@H](NCc3ccco3)C2=O)cc1. The molecule has 1 aromatic carbocycles. The van der Waals surface area contributed by atoms with Crippen LogP contribution in [0.25, 0.3) is 0 Å². The average Bonchev–Trinajstić information content (AvgIpc) is 3.13. The van der Waals surface area contributed by atoms with Crippen molar-refractivity contribution >= 4 is 27.5 Å². The van der Waals surface area contributed by atoms with E-state index in [-0.39, 0.29) is 17.2 Å². The lowest BCUT2D eigenvalue weighted by atomic mass is 10.2. The first-order valence-electron chi connectivity index (χ1n) is 7.12. The van der Waals surface area contributed by atoms with E-state index >= 15 is 0 Å². The number of sulfonamides is 1. The van der Waals surface area contributed by atoms with Crippen LogP contribution in [0, 0.1) is 0 Å². The van der Waals surface area contributed by atoms with E-state index in [1.165, 1.54) is 30.5 Å². The molecule has 1 aliphatic rings. The van der Waals surface area contributed by atoms with Crippen LogP contribution in [0.15, 0.2) is 52.0 Å². The van der Waals surface area contributed by atoms with Gasteiger partial charge in [0.2, 0.25) is 15.9 Å². The summed E-state index contributed by atoms with van der Waals surface area (Å²) < 4.78 is 27.7. The van der Waals surface area contributed by atoms with E-state index in [1.807, 2.05) is 0 Å². The summed E-state index contributed by atoms with van der Waals surface area (Å²) in [7, 11) is -3.83. The Kier molecular flexibility index (Phi) is 4.22. The summed E-state index contributed by atoms with van der Waals surface area (Å²) in [6.45, 7) is 0.328. The summed E-state index contributed by atoms with van der Waals surface area (Å²) in [6, 6.07) is 8.12. The maximum atomic E-state index is 12.4. The Labute approximate surface area is 138 Å². The summed E-state index contributed by atoms with van der Waals surface area (Å²) in [6.07, 6.45) is 1.55. The lowest BCUT2D eigenvalue weighted by Gasteiger charge is -2.15. The van der Waals surface area contributed by atoms with E-state index in [0.29, 0.717) is 18.0 Å². The average molecular weight is 349 g/mol. The second-order valence-corrected chi connectivity index (χ2v) is 6.88. The smallest absolute Gasteiger partial charge is 0.251 e. The number of nitrogens with one attached hydrogen (secondary N) is 1. The number of anilines is 1. The molecule has 3 N–H and O–H groups in total. The molecule has 1 aromatic heterocycles. The number of primary sulfonamides is 1. The fraction of sp³-hybridized carbons (Fsp3) is 0.200. The number of benzene rings is 1. The summed E-state index contributed by atoms with van der Waals surface area (Å²) >= 11 is 0. The summed E-state index contributed by atoms with van der Waals surface area (Å²) in [5.74, 6) is -0.0959. The monoisotopic (exact) mass is 349 g/mol. The molecule has 126 valence electrons. The predicted octanol–water partition coefficient (Wildman–Crippen LogP) is 0.349. The van der Waals surface area contributed by atoms with Crippen molar-refractivity contribution in [3.05, 3.63) is 48.4 Å². The highest BCUT2D eigenvalue weighted by Crippen LogP contribution is 2.24. The summed E-state index contributed by atoms with van der Waals surface area (Å²) in [5.41, 5.74) is 0.305. The Hall–Kier alpha value is -2.49. The van der Waals surface area contributed by atoms with E-state index in [9.17, 15) is 18.0 Å². The number of hydrogen-bond acceptors (Lipinski definition) is 6. The van der Waals surface area contributed by atoms with Crippen LogP contribution in [-0.2, 0) is 26.2 Å². The van der Waals surface area contributed by atoms with E-state index in [1.54, 1.807) is 12.1 Å². The van der Waals surface area contributed by atoms with Gasteiger partial charge in [0.25, 0.3) is 5.91 Å². The van der Waals surface area contributed by atoms with Gasteiger partial charge in [-0.1, -0.05) is 0 Å². The molecule has 0 spiro atoms. The highest BCUT2D eigenvalue weighted by Gasteiger charge is 2.39. The fourth-order valence-corrected chi connectivity index (χ4v) is 3.00. The molecule has 1 aliphatic heterocycles. The van der Waals surface area contributed by atoms with Crippen molar-refractivity contribution in [1.82, 2.24) is 5.32 Å². The third-order valence-corrected chi connectivity index (χ3v) is 4.60. The van der Waals surface area contributed by atoms with Crippen molar-refractivity contribution in [1.29, 1.82) is 0 Å². The number of nitrogens with zero attached hydrogens (tertiary/aromatic N) is 1. The van der Waals surface area contributed by atoms with Crippen molar-refractivity contribution in [3.8, 4) is 0 Å². The topological polar surface area (TPSA) is 123 Å². The molecule has 24 heavy (non-hydrogen) atoms. The molecule has 1 atom stereocenters. The highest BCUT2D eigenvalue weighted by atomic mass is 32.2. The van der Waals surface area contributed by atoms with Gasteiger partial charge in [0.1, 0.15) is 5.76 Å². The molecule has 1 fully saturated rings. The van der Waals surface area contributed by atoms with Gasteiger partial charge in [-0.15, -0.1) is 0 Å². The van der Waals surface area contributed by atoms with Crippen molar-refractivity contribution in [2.75, 3.05) is 4.90 Å². The Morgan fingerprint density at radius 1 is 1.21 bits per heavy atom. The van der Waals surface area contributed by atoms with Crippen LogP contribution >= 0.6 is 0 Å². The number of carbonyl (C=O) groups excluding carboxylic acids is 2. The van der Waals surface area contributed by atoms with Crippen LogP contribution in [0.5, 0.6) is 0 Å². The maximum Gasteiger partial charge on any atom is 0.251 e. The number of hydrogen-bond donors (Lipinski definition) is 2. The molecule has 2 amide bonds.